The van der Waals surface area contributed by atoms with E-state index in [0.717, 1.165) is 5.56 Å². The molecule has 0 unspecified atom stereocenters. The molecule has 0 fully saturated rings. The van der Waals surface area contributed by atoms with Gasteiger partial charge in [-0.05, 0) is 35.7 Å². The van der Waals surface area contributed by atoms with Crippen molar-refractivity contribution < 1.29 is 14.3 Å². The van der Waals surface area contributed by atoms with Gasteiger partial charge in [0.1, 0.15) is 0 Å². The van der Waals surface area contributed by atoms with E-state index in [0.29, 0.717) is 6.42 Å². The van der Waals surface area contributed by atoms with Crippen molar-refractivity contribution in [3.63, 3.8) is 0 Å². The molecule has 4 heteroatoms. The van der Waals surface area contributed by atoms with E-state index < -0.39 is 11.8 Å². The lowest BCUT2D eigenvalue weighted by Crippen LogP contribution is -2.17. The van der Waals surface area contributed by atoms with Crippen molar-refractivity contribution in [3.8, 4) is 0 Å². The molecule has 0 saturated heterocycles. The Morgan fingerprint density at radius 2 is 2.29 bits per heavy atom. The molecule has 0 aliphatic heterocycles. The molecule has 0 spiro atoms. The Balaban J connectivity index is 2.31. The van der Waals surface area contributed by atoms with Gasteiger partial charge in [-0.2, -0.15) is 11.3 Å². The molecule has 1 aromatic heterocycles. The van der Waals surface area contributed by atoms with Crippen LogP contribution >= 0.6 is 11.3 Å². The second-order valence-electron chi connectivity index (χ2n) is 2.78. The van der Waals surface area contributed by atoms with E-state index in [1.807, 2.05) is 16.8 Å². The summed E-state index contributed by atoms with van der Waals surface area (Å²) >= 11 is 1.58. The monoisotopic (exact) mass is 212 g/mol. The van der Waals surface area contributed by atoms with Crippen LogP contribution in [0.3, 0.4) is 0 Å². The predicted octanol–water partition coefficient (Wildman–Crippen LogP) is 1.81. The Labute approximate surface area is 86.7 Å². The van der Waals surface area contributed by atoms with Crippen LogP contribution in [0.25, 0.3) is 0 Å². The van der Waals surface area contributed by atoms with E-state index in [9.17, 15) is 9.59 Å². The van der Waals surface area contributed by atoms with Crippen molar-refractivity contribution in [3.05, 3.63) is 22.4 Å². The lowest BCUT2D eigenvalue weighted by molar-refractivity contribution is -0.153. The van der Waals surface area contributed by atoms with Gasteiger partial charge in [0, 0.05) is 6.42 Å². The molecule has 1 heterocycles. The van der Waals surface area contributed by atoms with Crippen LogP contribution in [-0.2, 0) is 20.7 Å². The highest BCUT2D eigenvalue weighted by Crippen LogP contribution is 2.08. The first kappa shape index (κ1) is 10.9. The molecule has 0 amide bonds. The Kier molecular flexibility index (Phi) is 4.32. The number of rotatable bonds is 5. The van der Waals surface area contributed by atoms with Crippen LogP contribution in [0.1, 0.15) is 18.9 Å². The molecule has 0 saturated carbocycles. The summed E-state index contributed by atoms with van der Waals surface area (Å²) in [6.07, 6.45) is 0.844. The number of ether oxygens (including phenoxy) is 1. The number of hydrogen-bond acceptors (Lipinski definition) is 4. The number of carbonyl (C=O) groups excluding carboxylic acids is 2. The highest BCUT2D eigenvalue weighted by atomic mass is 32.1. The zero-order valence-electron chi connectivity index (χ0n) is 7.99. The van der Waals surface area contributed by atoms with E-state index in [4.69, 9.17) is 0 Å². The van der Waals surface area contributed by atoms with Crippen molar-refractivity contribution in [2.45, 2.75) is 19.8 Å². The van der Waals surface area contributed by atoms with Crippen LogP contribution in [0.5, 0.6) is 0 Å². The third-order valence-electron chi connectivity index (χ3n) is 1.72. The minimum absolute atomic E-state index is 0.232. The lowest BCUT2D eigenvalue weighted by atomic mass is 10.1. The van der Waals surface area contributed by atoms with E-state index in [1.165, 1.54) is 0 Å². The fourth-order valence-electron chi connectivity index (χ4n) is 1.01. The molecule has 0 radical (unpaired) electrons. The van der Waals surface area contributed by atoms with Gasteiger partial charge in [0.2, 0.25) is 5.78 Å². The minimum Gasteiger partial charge on any atom is -0.460 e. The van der Waals surface area contributed by atoms with Gasteiger partial charge >= 0.3 is 5.97 Å². The quantitative estimate of drug-likeness (QED) is 0.552. The summed E-state index contributed by atoms with van der Waals surface area (Å²) in [5.41, 5.74) is 1.09. The maximum Gasteiger partial charge on any atom is 0.374 e. The average molecular weight is 212 g/mol. The molecule has 0 aliphatic rings. The minimum atomic E-state index is -0.720. The van der Waals surface area contributed by atoms with Gasteiger partial charge in [-0.15, -0.1) is 0 Å². The van der Waals surface area contributed by atoms with Crippen LogP contribution in [0, 0.1) is 0 Å². The van der Waals surface area contributed by atoms with Crippen LogP contribution in [0.2, 0.25) is 0 Å². The topological polar surface area (TPSA) is 43.4 Å². The number of carbonyl (C=O) groups is 2. The molecule has 0 aliphatic carbocycles. The van der Waals surface area contributed by atoms with E-state index in [-0.39, 0.29) is 13.0 Å². The molecular formula is C10H12O3S. The molecule has 1 rings (SSSR count). The fourth-order valence-corrected chi connectivity index (χ4v) is 1.71. The molecule has 0 bridgehead atoms. The van der Waals surface area contributed by atoms with Gasteiger partial charge in [0.05, 0.1) is 6.61 Å². The Bertz CT molecular complexity index is 303. The highest BCUT2D eigenvalue weighted by Gasteiger charge is 2.14. The van der Waals surface area contributed by atoms with E-state index in [1.54, 1.807) is 18.3 Å². The van der Waals surface area contributed by atoms with E-state index >= 15 is 0 Å². The van der Waals surface area contributed by atoms with E-state index in [2.05, 4.69) is 4.74 Å². The van der Waals surface area contributed by atoms with Gasteiger partial charge in [-0.25, -0.2) is 4.79 Å². The molecule has 1 aromatic rings. The van der Waals surface area contributed by atoms with Crippen molar-refractivity contribution in [1.82, 2.24) is 0 Å². The average Bonchev–Trinajstić information content (AvgIpc) is 2.67. The Morgan fingerprint density at radius 1 is 1.50 bits per heavy atom. The largest absolute Gasteiger partial charge is 0.460 e. The summed E-state index contributed by atoms with van der Waals surface area (Å²) in [6.45, 7) is 1.94. The van der Waals surface area contributed by atoms with Crippen LogP contribution < -0.4 is 0 Å². The molecule has 0 atom stereocenters. The smallest absolute Gasteiger partial charge is 0.374 e. The number of thiophene rings is 1. The van der Waals surface area contributed by atoms with Crippen molar-refractivity contribution >= 4 is 23.1 Å². The van der Waals surface area contributed by atoms with Crippen LogP contribution in [0.15, 0.2) is 16.8 Å². The summed E-state index contributed by atoms with van der Waals surface area (Å²) in [5.74, 6) is -1.17. The molecule has 0 N–H and O–H groups in total. The second kappa shape index (κ2) is 5.54. The maximum atomic E-state index is 11.2. The normalized spacial score (nSPS) is 9.79. The first-order valence-corrected chi connectivity index (χ1v) is 5.39. The zero-order chi connectivity index (χ0) is 10.4. The number of ketones is 1. The Morgan fingerprint density at radius 3 is 2.86 bits per heavy atom. The predicted molar refractivity (Wildman–Crippen MR) is 54.3 cm³/mol. The SMILES string of the molecule is CCOC(=O)C(=O)CCc1ccsc1. The Hall–Kier alpha value is -1.16. The van der Waals surface area contributed by atoms with Gasteiger partial charge in [0.15, 0.2) is 0 Å². The van der Waals surface area contributed by atoms with Crippen molar-refractivity contribution in [2.24, 2.45) is 0 Å². The van der Waals surface area contributed by atoms with Crippen LogP contribution in [0.4, 0.5) is 0 Å². The second-order valence-corrected chi connectivity index (χ2v) is 3.56. The molecule has 3 nitrogen and oxygen atoms in total. The first-order chi connectivity index (χ1) is 6.74. The molecular weight excluding hydrogens is 200 g/mol. The third kappa shape index (κ3) is 3.30. The standard InChI is InChI=1S/C10H12O3S/c1-2-13-10(12)9(11)4-3-8-5-6-14-7-8/h5-7H,2-4H2,1H3. The lowest BCUT2D eigenvalue weighted by Gasteiger charge is -1.99. The fraction of sp³-hybridized carbons (Fsp3) is 0.400. The molecule has 14 heavy (non-hydrogen) atoms. The summed E-state index contributed by atoms with van der Waals surface area (Å²) in [6, 6.07) is 1.95. The van der Waals surface area contributed by atoms with Crippen molar-refractivity contribution in [1.29, 1.82) is 0 Å². The zero-order valence-corrected chi connectivity index (χ0v) is 8.80. The third-order valence-corrected chi connectivity index (χ3v) is 2.46. The van der Waals surface area contributed by atoms with Gasteiger partial charge < -0.3 is 4.74 Å². The summed E-state index contributed by atoms with van der Waals surface area (Å²) in [4.78, 5) is 22.1. The summed E-state index contributed by atoms with van der Waals surface area (Å²) in [5, 5.41) is 3.92. The molecule has 76 valence electrons. The van der Waals surface area contributed by atoms with Crippen LogP contribution in [-0.4, -0.2) is 18.4 Å². The van der Waals surface area contributed by atoms with Crippen molar-refractivity contribution in [2.75, 3.05) is 6.61 Å². The summed E-state index contributed by atoms with van der Waals surface area (Å²) in [7, 11) is 0. The van der Waals surface area contributed by atoms with Gasteiger partial charge in [0.25, 0.3) is 0 Å². The first-order valence-electron chi connectivity index (χ1n) is 4.45. The summed E-state index contributed by atoms with van der Waals surface area (Å²) < 4.78 is 4.59. The molecule has 0 aromatic carbocycles. The maximum absolute atomic E-state index is 11.2. The van der Waals surface area contributed by atoms with Gasteiger partial charge in [-0.1, -0.05) is 0 Å². The highest BCUT2D eigenvalue weighted by molar-refractivity contribution is 7.07. The number of esters is 1. The van der Waals surface area contributed by atoms with Gasteiger partial charge in [-0.3, -0.25) is 4.79 Å². The number of Topliss-reactive ketones (excluding diaryl/α,β-unsaturated/α-hetero) is 1. The number of aryl methyl sites for hydroxylation is 1. The number of hydrogen-bond donors (Lipinski definition) is 0.